The number of cyclic esters (lactones) is 2. The second-order valence-corrected chi connectivity index (χ2v) is 2.13. The lowest BCUT2D eigenvalue weighted by molar-refractivity contribution is -0.173. The molecule has 1 aliphatic heterocycles. The Morgan fingerprint density at radius 1 is 1.70 bits per heavy atom. The molecular weight excluding hydrogens is 136 g/mol. The average Bonchev–Trinajstić information content (AvgIpc) is 2.00. The summed E-state index contributed by atoms with van der Waals surface area (Å²) < 4.78 is 25.3. The molecular formula is C6H8O4. The molecule has 0 spiro atoms. The van der Waals surface area contributed by atoms with E-state index in [-0.39, 0.29) is 0 Å². The zero-order valence-corrected chi connectivity index (χ0v) is 5.25. The Morgan fingerprint density at radius 2 is 2.30 bits per heavy atom. The van der Waals surface area contributed by atoms with Gasteiger partial charge in [0.15, 0.2) is 0 Å². The maximum Gasteiger partial charge on any atom is 0.316 e. The summed E-state index contributed by atoms with van der Waals surface area (Å²) in [6, 6.07) is 0. The zero-order chi connectivity index (χ0) is 10.4. The molecule has 0 aliphatic carbocycles. The minimum atomic E-state index is -2.73. The Hall–Kier alpha value is -0.900. The molecule has 4 heteroatoms. The van der Waals surface area contributed by atoms with Gasteiger partial charge in [-0.1, -0.05) is 0 Å². The molecule has 0 amide bonds. The van der Waals surface area contributed by atoms with Gasteiger partial charge >= 0.3 is 11.9 Å². The fourth-order valence-electron chi connectivity index (χ4n) is 0.619. The van der Waals surface area contributed by atoms with Crippen molar-refractivity contribution in [1.82, 2.24) is 0 Å². The van der Waals surface area contributed by atoms with Crippen molar-refractivity contribution in [2.75, 3.05) is 0 Å². The number of rotatable bonds is 0. The minimum Gasteiger partial charge on any atom is -0.393 e. The SMILES string of the molecule is [2H]C1C(=O)OC(=O)C([2H])([2H])C1(C)O. The standard InChI is InChI=1S/C6H8O4/c1-6(9)2-4(7)10-5(8)3-6/h9H,2-3H2,1H3/i2D,3D2. The Balaban J connectivity index is 3.15. The first-order chi connectivity index (χ1) is 5.71. The molecule has 1 rings (SSSR count). The van der Waals surface area contributed by atoms with Gasteiger partial charge in [0.1, 0.15) is 0 Å². The Bertz CT molecular complexity index is 273. The van der Waals surface area contributed by atoms with Crippen LogP contribution in [0.15, 0.2) is 0 Å². The van der Waals surface area contributed by atoms with Gasteiger partial charge in [-0.25, -0.2) is 0 Å². The topological polar surface area (TPSA) is 63.6 Å². The van der Waals surface area contributed by atoms with Gasteiger partial charge in [-0.3, -0.25) is 9.59 Å². The van der Waals surface area contributed by atoms with E-state index in [9.17, 15) is 14.7 Å². The lowest BCUT2D eigenvalue weighted by Gasteiger charge is -2.24. The summed E-state index contributed by atoms with van der Waals surface area (Å²) in [7, 11) is 0. The molecule has 0 aromatic carbocycles. The number of carbonyl (C=O) groups is 2. The quantitative estimate of drug-likeness (QED) is 0.374. The van der Waals surface area contributed by atoms with Crippen molar-refractivity contribution < 1.29 is 23.5 Å². The summed E-state index contributed by atoms with van der Waals surface area (Å²) in [6.07, 6.45) is -4.53. The van der Waals surface area contributed by atoms with Crippen LogP contribution in [0.25, 0.3) is 0 Å². The molecule has 4 nitrogen and oxygen atoms in total. The molecule has 0 aromatic rings. The molecule has 10 heavy (non-hydrogen) atoms. The van der Waals surface area contributed by atoms with Gasteiger partial charge in [0.25, 0.3) is 0 Å². The van der Waals surface area contributed by atoms with Gasteiger partial charge in [0.05, 0.1) is 18.4 Å². The Labute approximate surface area is 62.0 Å². The molecule has 0 bridgehead atoms. The summed E-state index contributed by atoms with van der Waals surface area (Å²) in [5, 5.41) is 9.43. The molecule has 1 saturated heterocycles. The minimum absolute atomic E-state index is 0.920. The first-order valence-electron chi connectivity index (χ1n) is 4.19. The summed E-state index contributed by atoms with van der Waals surface area (Å²) in [4.78, 5) is 21.6. The fourth-order valence-corrected chi connectivity index (χ4v) is 0.619. The van der Waals surface area contributed by atoms with E-state index in [1.54, 1.807) is 0 Å². The van der Waals surface area contributed by atoms with Crippen LogP contribution in [0.4, 0.5) is 0 Å². The second-order valence-electron chi connectivity index (χ2n) is 2.13. The van der Waals surface area contributed by atoms with E-state index < -0.39 is 30.3 Å². The van der Waals surface area contributed by atoms with E-state index in [1.807, 2.05) is 0 Å². The molecule has 2 unspecified atom stereocenters. The summed E-state index contributed by atoms with van der Waals surface area (Å²) in [6.45, 7) is 0.920. The normalized spacial score (nSPS) is 50.6. The summed E-state index contributed by atoms with van der Waals surface area (Å²) >= 11 is 0. The van der Waals surface area contributed by atoms with Crippen LogP contribution in [0.5, 0.6) is 0 Å². The Kier molecular flexibility index (Phi) is 0.838. The van der Waals surface area contributed by atoms with Gasteiger partial charge in [0, 0.05) is 4.11 Å². The van der Waals surface area contributed by atoms with Crippen molar-refractivity contribution in [3.63, 3.8) is 0 Å². The predicted octanol–water partition coefficient (Wildman–Crippen LogP) is -0.399. The van der Waals surface area contributed by atoms with Crippen LogP contribution in [-0.4, -0.2) is 22.6 Å². The number of hydrogen-bond donors (Lipinski definition) is 1. The maximum absolute atomic E-state index is 10.8. The van der Waals surface area contributed by atoms with Crippen molar-refractivity contribution >= 4 is 11.9 Å². The number of aliphatic hydroxyl groups is 1. The third kappa shape index (κ3) is 1.54. The highest BCUT2D eigenvalue weighted by atomic mass is 16.6. The average molecular weight is 147 g/mol. The molecule has 0 saturated carbocycles. The first kappa shape index (κ1) is 4.08. The summed E-state index contributed by atoms with van der Waals surface area (Å²) in [5.74, 6) is -2.68. The number of ether oxygens (including phenoxy) is 1. The molecule has 1 fully saturated rings. The number of esters is 2. The molecule has 0 radical (unpaired) electrons. The smallest absolute Gasteiger partial charge is 0.316 e. The fraction of sp³-hybridized carbons (Fsp3) is 0.667. The van der Waals surface area contributed by atoms with Crippen molar-refractivity contribution in [3.8, 4) is 0 Å². The highest BCUT2D eigenvalue weighted by Crippen LogP contribution is 2.20. The van der Waals surface area contributed by atoms with Gasteiger partial charge in [-0.15, -0.1) is 0 Å². The van der Waals surface area contributed by atoms with Gasteiger partial charge in [0.2, 0.25) is 0 Å². The lowest BCUT2D eigenvalue weighted by Crippen LogP contribution is -2.38. The van der Waals surface area contributed by atoms with Crippen LogP contribution in [0.3, 0.4) is 0 Å². The molecule has 56 valence electrons. The molecule has 0 aromatic heterocycles. The highest BCUT2D eigenvalue weighted by Gasteiger charge is 2.35. The largest absolute Gasteiger partial charge is 0.393 e. The van der Waals surface area contributed by atoms with Crippen LogP contribution in [0.2, 0.25) is 0 Å². The molecule has 1 heterocycles. The predicted molar refractivity (Wildman–Crippen MR) is 31.0 cm³/mol. The van der Waals surface area contributed by atoms with E-state index in [0.29, 0.717) is 0 Å². The van der Waals surface area contributed by atoms with Gasteiger partial charge < -0.3 is 9.84 Å². The van der Waals surface area contributed by atoms with E-state index in [2.05, 4.69) is 4.74 Å². The van der Waals surface area contributed by atoms with E-state index in [4.69, 9.17) is 4.11 Å². The summed E-state index contributed by atoms with van der Waals surface area (Å²) in [5.41, 5.74) is -2.35. The third-order valence-electron chi connectivity index (χ3n) is 0.947. The van der Waals surface area contributed by atoms with Gasteiger partial charge in [-0.2, -0.15) is 0 Å². The zero-order valence-electron chi connectivity index (χ0n) is 8.25. The van der Waals surface area contributed by atoms with E-state index in [1.165, 1.54) is 0 Å². The first-order valence-corrected chi connectivity index (χ1v) is 2.62. The van der Waals surface area contributed by atoms with Crippen LogP contribution in [0.1, 0.15) is 23.8 Å². The number of carbonyl (C=O) groups excluding carboxylic acids is 2. The van der Waals surface area contributed by atoms with E-state index >= 15 is 0 Å². The van der Waals surface area contributed by atoms with E-state index in [0.717, 1.165) is 6.92 Å². The van der Waals surface area contributed by atoms with Crippen LogP contribution in [0, 0.1) is 0 Å². The third-order valence-corrected chi connectivity index (χ3v) is 0.947. The monoisotopic (exact) mass is 147 g/mol. The van der Waals surface area contributed by atoms with Crippen molar-refractivity contribution in [1.29, 1.82) is 0 Å². The number of hydrogen-bond acceptors (Lipinski definition) is 4. The highest BCUT2D eigenvalue weighted by molar-refractivity contribution is 5.89. The molecule has 1 aliphatic rings. The van der Waals surface area contributed by atoms with Crippen molar-refractivity contribution in [2.24, 2.45) is 0 Å². The molecule has 2 atom stereocenters. The molecule has 1 N–H and O–H groups in total. The second kappa shape index (κ2) is 2.05. The van der Waals surface area contributed by atoms with Gasteiger partial charge in [-0.05, 0) is 6.92 Å². The van der Waals surface area contributed by atoms with Crippen molar-refractivity contribution in [3.05, 3.63) is 0 Å². The van der Waals surface area contributed by atoms with Crippen LogP contribution >= 0.6 is 0 Å². The van der Waals surface area contributed by atoms with Crippen LogP contribution in [-0.2, 0) is 14.3 Å². The lowest BCUT2D eigenvalue weighted by atomic mass is 9.96. The van der Waals surface area contributed by atoms with Crippen molar-refractivity contribution in [2.45, 2.75) is 25.3 Å². The maximum atomic E-state index is 10.8. The van der Waals surface area contributed by atoms with Crippen LogP contribution < -0.4 is 0 Å². The Morgan fingerprint density at radius 3 is 2.90 bits per heavy atom.